The summed E-state index contributed by atoms with van der Waals surface area (Å²) in [4.78, 5) is 12.4. The molecule has 3 nitrogen and oxygen atoms in total. The van der Waals surface area contributed by atoms with Crippen LogP contribution in [0, 0.1) is 18.3 Å². The summed E-state index contributed by atoms with van der Waals surface area (Å²) in [5.74, 6) is 0.454. The van der Waals surface area contributed by atoms with Gasteiger partial charge in [0.1, 0.15) is 5.75 Å². The third kappa shape index (κ3) is 4.04. The minimum Gasteiger partial charge on any atom is -0.423 e. The Morgan fingerprint density at radius 3 is 2.41 bits per heavy atom. The number of carbonyl (C=O) groups excluding carboxylic acids is 1. The number of hydrogen-bond acceptors (Lipinski definition) is 3. The van der Waals surface area contributed by atoms with Gasteiger partial charge in [0, 0.05) is 11.3 Å². The lowest BCUT2D eigenvalue weighted by Gasteiger charge is -2.13. The van der Waals surface area contributed by atoms with E-state index in [0.29, 0.717) is 34.9 Å². The Morgan fingerprint density at radius 2 is 1.77 bits per heavy atom. The number of para-hydroxylation sites is 1. The molecular weight excluding hydrogens is 274 g/mol. The van der Waals surface area contributed by atoms with E-state index in [-0.39, 0.29) is 0 Å². The number of aryl methyl sites for hydroxylation is 1. The summed E-state index contributed by atoms with van der Waals surface area (Å²) >= 11 is 0. The normalized spacial score (nSPS) is 10.5. The predicted molar refractivity (Wildman–Crippen MR) is 88.9 cm³/mol. The first kappa shape index (κ1) is 16.0. The minimum atomic E-state index is -0.422. The molecule has 0 fully saturated rings. The Balaban J connectivity index is 2.30. The summed E-state index contributed by atoms with van der Waals surface area (Å²) in [5, 5.41) is 8.26. The van der Waals surface area contributed by atoms with Gasteiger partial charge in [0.2, 0.25) is 0 Å². The molecule has 2 aromatic carbocycles. The van der Waals surface area contributed by atoms with Crippen LogP contribution in [0.15, 0.2) is 48.5 Å². The van der Waals surface area contributed by atoms with Crippen molar-refractivity contribution in [1.29, 1.82) is 5.41 Å². The van der Waals surface area contributed by atoms with Gasteiger partial charge in [-0.15, -0.1) is 0 Å². The van der Waals surface area contributed by atoms with Crippen molar-refractivity contribution in [2.24, 2.45) is 5.92 Å². The summed E-state index contributed by atoms with van der Waals surface area (Å²) in [6.07, 6.45) is 0.634. The topological polar surface area (TPSA) is 50.2 Å². The number of ether oxygens (including phenoxy) is 1. The lowest BCUT2D eigenvalue weighted by atomic mass is 9.95. The maximum absolute atomic E-state index is 12.4. The van der Waals surface area contributed by atoms with E-state index >= 15 is 0 Å². The Morgan fingerprint density at radius 1 is 1.09 bits per heavy atom. The maximum Gasteiger partial charge on any atom is 0.344 e. The van der Waals surface area contributed by atoms with Gasteiger partial charge in [0.05, 0.1) is 5.56 Å². The second-order valence-electron chi connectivity index (χ2n) is 5.83. The molecule has 0 aromatic heterocycles. The van der Waals surface area contributed by atoms with Gasteiger partial charge in [-0.25, -0.2) is 4.79 Å². The molecule has 0 aliphatic rings. The third-order valence-corrected chi connectivity index (χ3v) is 3.29. The van der Waals surface area contributed by atoms with Gasteiger partial charge in [0.15, 0.2) is 0 Å². The molecule has 0 radical (unpaired) electrons. The second-order valence-corrected chi connectivity index (χ2v) is 5.83. The van der Waals surface area contributed by atoms with Gasteiger partial charge in [0.25, 0.3) is 0 Å². The molecule has 2 aromatic rings. The monoisotopic (exact) mass is 295 g/mol. The van der Waals surface area contributed by atoms with E-state index in [9.17, 15) is 4.79 Å². The summed E-state index contributed by atoms with van der Waals surface area (Å²) in [6.45, 7) is 6.08. The van der Waals surface area contributed by atoms with Crippen molar-refractivity contribution in [1.82, 2.24) is 0 Å². The third-order valence-electron chi connectivity index (χ3n) is 3.29. The van der Waals surface area contributed by atoms with Crippen molar-refractivity contribution >= 4 is 11.7 Å². The number of esters is 1. The fourth-order valence-electron chi connectivity index (χ4n) is 2.25. The highest BCUT2D eigenvalue weighted by molar-refractivity contribution is 6.08. The SMILES string of the molecule is Cc1ccc(C(=O)Oc2ccccc2)c(C(=N)CC(C)C)c1. The molecule has 0 saturated carbocycles. The van der Waals surface area contributed by atoms with Gasteiger partial charge < -0.3 is 10.1 Å². The van der Waals surface area contributed by atoms with Crippen molar-refractivity contribution in [2.45, 2.75) is 27.2 Å². The zero-order chi connectivity index (χ0) is 16.1. The first-order valence-electron chi connectivity index (χ1n) is 7.43. The Bertz CT molecular complexity index is 675. The molecule has 0 saturated heterocycles. The molecule has 2 rings (SSSR count). The molecule has 0 heterocycles. The van der Waals surface area contributed by atoms with Crippen LogP contribution < -0.4 is 4.74 Å². The molecule has 0 amide bonds. The number of rotatable bonds is 5. The standard InChI is InChI=1S/C19H21NO2/c1-13(2)11-18(20)17-12-14(3)9-10-16(17)19(21)22-15-7-5-4-6-8-15/h4-10,12-13,20H,11H2,1-3H3. The summed E-state index contributed by atoms with van der Waals surface area (Å²) in [6, 6.07) is 14.5. The molecule has 0 unspecified atom stereocenters. The van der Waals surface area contributed by atoms with Crippen molar-refractivity contribution < 1.29 is 9.53 Å². The second kappa shape index (κ2) is 7.03. The van der Waals surface area contributed by atoms with Crippen LogP contribution >= 0.6 is 0 Å². The number of carbonyl (C=O) groups is 1. The minimum absolute atomic E-state index is 0.367. The van der Waals surface area contributed by atoms with Crippen LogP contribution in [0.5, 0.6) is 5.75 Å². The molecule has 0 aliphatic heterocycles. The highest BCUT2D eigenvalue weighted by Crippen LogP contribution is 2.19. The Labute approximate surface area is 131 Å². The molecule has 0 bridgehead atoms. The molecule has 0 spiro atoms. The summed E-state index contributed by atoms with van der Waals surface area (Å²) < 4.78 is 5.40. The lowest BCUT2D eigenvalue weighted by Crippen LogP contribution is -2.15. The van der Waals surface area contributed by atoms with Gasteiger partial charge in [-0.3, -0.25) is 0 Å². The van der Waals surface area contributed by atoms with E-state index in [1.54, 1.807) is 18.2 Å². The van der Waals surface area contributed by atoms with E-state index in [1.807, 2.05) is 37.3 Å². The predicted octanol–water partition coefficient (Wildman–Crippen LogP) is 4.63. The molecule has 22 heavy (non-hydrogen) atoms. The average Bonchev–Trinajstić information content (AvgIpc) is 2.47. The number of nitrogens with one attached hydrogen (secondary N) is 1. The van der Waals surface area contributed by atoms with E-state index < -0.39 is 5.97 Å². The van der Waals surface area contributed by atoms with Gasteiger partial charge >= 0.3 is 5.97 Å². The van der Waals surface area contributed by atoms with Gasteiger partial charge in [-0.05, 0) is 43.5 Å². The van der Waals surface area contributed by atoms with Crippen molar-refractivity contribution in [3.63, 3.8) is 0 Å². The van der Waals surface area contributed by atoms with Crippen LogP contribution in [-0.2, 0) is 0 Å². The number of benzene rings is 2. The number of hydrogen-bond donors (Lipinski definition) is 1. The van der Waals surface area contributed by atoms with E-state index in [0.717, 1.165) is 5.56 Å². The van der Waals surface area contributed by atoms with Gasteiger partial charge in [-0.2, -0.15) is 0 Å². The average molecular weight is 295 g/mol. The Kier molecular flexibility index (Phi) is 5.10. The fraction of sp³-hybridized carbons (Fsp3) is 0.263. The van der Waals surface area contributed by atoms with Crippen LogP contribution in [-0.4, -0.2) is 11.7 Å². The summed E-state index contributed by atoms with van der Waals surface area (Å²) in [7, 11) is 0. The van der Waals surface area contributed by atoms with Gasteiger partial charge in [-0.1, -0.05) is 43.7 Å². The van der Waals surface area contributed by atoms with Crippen molar-refractivity contribution in [3.8, 4) is 5.75 Å². The Hall–Kier alpha value is -2.42. The van der Waals surface area contributed by atoms with Crippen molar-refractivity contribution in [2.75, 3.05) is 0 Å². The first-order valence-corrected chi connectivity index (χ1v) is 7.43. The van der Waals surface area contributed by atoms with E-state index in [2.05, 4.69) is 13.8 Å². The smallest absolute Gasteiger partial charge is 0.344 e. The largest absolute Gasteiger partial charge is 0.423 e. The van der Waals surface area contributed by atoms with Crippen LogP contribution in [0.25, 0.3) is 0 Å². The first-order chi connectivity index (χ1) is 10.5. The summed E-state index contributed by atoms with van der Waals surface area (Å²) in [5.41, 5.74) is 2.60. The van der Waals surface area contributed by atoms with Crippen molar-refractivity contribution in [3.05, 3.63) is 65.2 Å². The molecule has 0 atom stereocenters. The van der Waals surface area contributed by atoms with Crippen LogP contribution in [0.4, 0.5) is 0 Å². The fourth-order valence-corrected chi connectivity index (χ4v) is 2.25. The molecule has 0 aliphatic carbocycles. The molecular formula is C19H21NO2. The van der Waals surface area contributed by atoms with E-state index in [1.165, 1.54) is 0 Å². The highest BCUT2D eigenvalue weighted by atomic mass is 16.5. The van der Waals surface area contributed by atoms with Crippen LogP contribution in [0.1, 0.15) is 41.8 Å². The highest BCUT2D eigenvalue weighted by Gasteiger charge is 2.17. The molecule has 1 N–H and O–H groups in total. The lowest BCUT2D eigenvalue weighted by molar-refractivity contribution is 0.0734. The van der Waals surface area contributed by atoms with Crippen LogP contribution in [0.2, 0.25) is 0 Å². The quantitative estimate of drug-likeness (QED) is 0.497. The molecule has 3 heteroatoms. The molecule has 114 valence electrons. The maximum atomic E-state index is 12.4. The zero-order valence-corrected chi connectivity index (χ0v) is 13.2. The van der Waals surface area contributed by atoms with E-state index in [4.69, 9.17) is 10.1 Å². The van der Waals surface area contributed by atoms with Crippen LogP contribution in [0.3, 0.4) is 0 Å². The zero-order valence-electron chi connectivity index (χ0n) is 13.2.